The number of nitrogens with zero attached hydrogens (tertiary/aromatic N) is 2. The van der Waals surface area contributed by atoms with Crippen LogP contribution in [0.2, 0.25) is 0 Å². The van der Waals surface area contributed by atoms with Crippen molar-refractivity contribution in [3.05, 3.63) is 33.9 Å². The van der Waals surface area contributed by atoms with Gasteiger partial charge in [0, 0.05) is 12.1 Å². The number of aromatic carboxylic acids is 1. The summed E-state index contributed by atoms with van der Waals surface area (Å²) < 4.78 is 5.18. The second kappa shape index (κ2) is 5.63. The summed E-state index contributed by atoms with van der Waals surface area (Å²) in [5, 5.41) is 28.2. The number of carboxylic acid groups (broad SMARTS) is 1. The number of nitro benzene ring substituents is 1. The van der Waals surface area contributed by atoms with E-state index in [1.165, 1.54) is 6.07 Å². The Morgan fingerprint density at radius 3 is 2.78 bits per heavy atom. The van der Waals surface area contributed by atoms with Crippen molar-refractivity contribution in [2.24, 2.45) is 0 Å². The van der Waals surface area contributed by atoms with Gasteiger partial charge in [0.1, 0.15) is 17.4 Å². The molecule has 18 heavy (non-hydrogen) atoms. The molecule has 1 atom stereocenters. The van der Waals surface area contributed by atoms with E-state index in [9.17, 15) is 14.9 Å². The Bertz CT molecular complexity index is 521. The van der Waals surface area contributed by atoms with E-state index in [1.807, 2.05) is 6.07 Å². The lowest BCUT2D eigenvalue weighted by atomic mass is 10.1. The summed E-state index contributed by atoms with van der Waals surface area (Å²) in [6, 6.07) is 5.07. The number of hydrogen-bond donors (Lipinski definition) is 1. The van der Waals surface area contributed by atoms with Crippen molar-refractivity contribution in [2.45, 2.75) is 19.4 Å². The number of carbonyl (C=O) groups is 1. The quantitative estimate of drug-likeness (QED) is 0.631. The molecule has 0 heterocycles. The maximum atomic E-state index is 11.0. The van der Waals surface area contributed by atoms with Crippen LogP contribution in [0, 0.1) is 21.4 Å². The topological polar surface area (TPSA) is 113 Å². The Hall–Kier alpha value is -2.62. The van der Waals surface area contributed by atoms with Gasteiger partial charge in [-0.1, -0.05) is 6.92 Å². The lowest BCUT2D eigenvalue weighted by molar-refractivity contribution is -0.384. The van der Waals surface area contributed by atoms with Gasteiger partial charge in [0.15, 0.2) is 6.10 Å². The molecule has 7 nitrogen and oxygen atoms in total. The number of ether oxygens (including phenoxy) is 1. The van der Waals surface area contributed by atoms with Crippen LogP contribution in [-0.2, 0) is 0 Å². The number of hydrogen-bond acceptors (Lipinski definition) is 5. The smallest absolute Gasteiger partial charge is 0.339 e. The summed E-state index contributed by atoms with van der Waals surface area (Å²) in [7, 11) is 0. The van der Waals surface area contributed by atoms with Gasteiger partial charge in [0.05, 0.1) is 4.92 Å². The zero-order valence-electron chi connectivity index (χ0n) is 9.49. The number of benzene rings is 1. The molecule has 0 spiro atoms. The monoisotopic (exact) mass is 250 g/mol. The Kier molecular flexibility index (Phi) is 4.21. The fraction of sp³-hybridized carbons (Fsp3) is 0.273. The van der Waals surface area contributed by atoms with Crippen molar-refractivity contribution in [3.8, 4) is 11.8 Å². The Morgan fingerprint density at radius 1 is 1.67 bits per heavy atom. The highest BCUT2D eigenvalue weighted by atomic mass is 16.6. The van der Waals surface area contributed by atoms with Gasteiger partial charge >= 0.3 is 5.97 Å². The lowest BCUT2D eigenvalue weighted by Gasteiger charge is -2.12. The van der Waals surface area contributed by atoms with Crippen LogP contribution >= 0.6 is 0 Å². The van der Waals surface area contributed by atoms with E-state index >= 15 is 0 Å². The van der Waals surface area contributed by atoms with E-state index in [-0.39, 0.29) is 17.0 Å². The summed E-state index contributed by atoms with van der Waals surface area (Å²) >= 11 is 0. The fourth-order valence-electron chi connectivity index (χ4n) is 1.26. The molecule has 1 unspecified atom stereocenters. The van der Waals surface area contributed by atoms with Crippen LogP contribution in [0.5, 0.6) is 5.75 Å². The van der Waals surface area contributed by atoms with Crippen LogP contribution < -0.4 is 4.74 Å². The molecule has 1 aromatic carbocycles. The van der Waals surface area contributed by atoms with E-state index < -0.39 is 17.0 Å². The molecule has 1 aromatic rings. The molecule has 0 aliphatic carbocycles. The van der Waals surface area contributed by atoms with Gasteiger partial charge in [-0.15, -0.1) is 0 Å². The normalized spacial score (nSPS) is 11.3. The molecule has 0 bridgehead atoms. The first-order chi connectivity index (χ1) is 8.49. The highest BCUT2D eigenvalue weighted by Gasteiger charge is 2.19. The molecular weight excluding hydrogens is 240 g/mol. The van der Waals surface area contributed by atoms with E-state index in [0.29, 0.717) is 6.42 Å². The van der Waals surface area contributed by atoms with Gasteiger partial charge in [-0.05, 0) is 12.5 Å². The highest BCUT2D eigenvalue weighted by Crippen LogP contribution is 2.25. The number of non-ortho nitro benzene ring substituents is 1. The van der Waals surface area contributed by atoms with E-state index in [2.05, 4.69) is 0 Å². The van der Waals surface area contributed by atoms with Crippen molar-refractivity contribution in [1.29, 1.82) is 5.26 Å². The van der Waals surface area contributed by atoms with Crippen LogP contribution in [0.3, 0.4) is 0 Å². The average Bonchev–Trinajstić information content (AvgIpc) is 2.35. The van der Waals surface area contributed by atoms with Crippen LogP contribution in [-0.4, -0.2) is 22.1 Å². The largest absolute Gasteiger partial charge is 0.478 e. The highest BCUT2D eigenvalue weighted by molar-refractivity contribution is 5.91. The van der Waals surface area contributed by atoms with Gasteiger partial charge < -0.3 is 9.84 Å². The Morgan fingerprint density at radius 2 is 2.33 bits per heavy atom. The van der Waals surface area contributed by atoms with Crippen molar-refractivity contribution in [2.75, 3.05) is 0 Å². The van der Waals surface area contributed by atoms with Gasteiger partial charge in [-0.25, -0.2) is 4.79 Å². The second-order valence-electron chi connectivity index (χ2n) is 3.39. The second-order valence-corrected chi connectivity index (χ2v) is 3.39. The minimum atomic E-state index is -1.35. The zero-order chi connectivity index (χ0) is 13.7. The summed E-state index contributed by atoms with van der Waals surface area (Å²) in [5.41, 5.74) is -0.678. The third-order valence-electron chi connectivity index (χ3n) is 2.19. The molecule has 1 rings (SSSR count). The van der Waals surface area contributed by atoms with Gasteiger partial charge in [0.25, 0.3) is 5.69 Å². The van der Waals surface area contributed by atoms with Crippen molar-refractivity contribution >= 4 is 11.7 Å². The van der Waals surface area contributed by atoms with Crippen LogP contribution in [0.25, 0.3) is 0 Å². The summed E-state index contributed by atoms with van der Waals surface area (Å²) in [6.07, 6.45) is -0.406. The van der Waals surface area contributed by atoms with Crippen LogP contribution in [0.1, 0.15) is 23.7 Å². The van der Waals surface area contributed by atoms with Gasteiger partial charge in [-0.3, -0.25) is 10.1 Å². The van der Waals surface area contributed by atoms with Gasteiger partial charge in [-0.2, -0.15) is 5.26 Å². The number of nitriles is 1. The number of carboxylic acids is 1. The number of nitro groups is 1. The molecule has 0 saturated heterocycles. The first-order valence-corrected chi connectivity index (χ1v) is 5.07. The summed E-state index contributed by atoms with van der Waals surface area (Å²) in [4.78, 5) is 20.8. The average molecular weight is 250 g/mol. The molecule has 0 saturated carbocycles. The summed E-state index contributed by atoms with van der Waals surface area (Å²) in [6.45, 7) is 1.71. The maximum Gasteiger partial charge on any atom is 0.339 e. The first-order valence-electron chi connectivity index (χ1n) is 5.07. The predicted octanol–water partition coefficient (Wildman–Crippen LogP) is 1.97. The molecule has 0 aliphatic heterocycles. The third-order valence-corrected chi connectivity index (χ3v) is 2.19. The molecule has 0 aliphatic rings. The molecule has 0 amide bonds. The minimum Gasteiger partial charge on any atom is -0.478 e. The fourth-order valence-corrected chi connectivity index (χ4v) is 1.26. The molecule has 94 valence electrons. The van der Waals surface area contributed by atoms with Crippen molar-refractivity contribution in [1.82, 2.24) is 0 Å². The molecule has 1 N–H and O–H groups in total. The predicted molar refractivity (Wildman–Crippen MR) is 60.4 cm³/mol. The van der Waals surface area contributed by atoms with E-state index in [4.69, 9.17) is 15.1 Å². The third kappa shape index (κ3) is 2.95. The zero-order valence-corrected chi connectivity index (χ0v) is 9.49. The Labute approximate surface area is 102 Å². The van der Waals surface area contributed by atoms with Gasteiger partial charge in [0.2, 0.25) is 0 Å². The van der Waals surface area contributed by atoms with E-state index in [0.717, 1.165) is 12.1 Å². The summed E-state index contributed by atoms with van der Waals surface area (Å²) in [5.74, 6) is -1.40. The molecule has 7 heteroatoms. The van der Waals surface area contributed by atoms with E-state index in [1.54, 1.807) is 6.92 Å². The Balaban J connectivity index is 3.16. The SMILES string of the molecule is CCC(C#N)Oc1ccc([N+](=O)[O-])cc1C(=O)O. The standard InChI is InChI=1S/C11H10N2O5/c1-2-8(6-12)18-10-4-3-7(13(16)17)5-9(10)11(14)15/h3-5,8H,2H2,1H3,(H,14,15). The van der Waals surface area contributed by atoms with Crippen molar-refractivity contribution < 1.29 is 19.6 Å². The minimum absolute atomic E-state index is 0.0542. The van der Waals surface area contributed by atoms with Crippen molar-refractivity contribution in [3.63, 3.8) is 0 Å². The molecule has 0 radical (unpaired) electrons. The maximum absolute atomic E-state index is 11.0. The molecule has 0 aromatic heterocycles. The molecule has 0 fully saturated rings. The number of rotatable bonds is 5. The lowest BCUT2D eigenvalue weighted by Crippen LogP contribution is -2.14. The van der Waals surface area contributed by atoms with Crippen LogP contribution in [0.4, 0.5) is 5.69 Å². The van der Waals surface area contributed by atoms with Crippen LogP contribution in [0.15, 0.2) is 18.2 Å². The first kappa shape index (κ1) is 13.4. The molecular formula is C11H10N2O5.